The van der Waals surface area contributed by atoms with Crippen molar-refractivity contribution in [1.29, 1.82) is 0 Å². The lowest BCUT2D eigenvalue weighted by Crippen LogP contribution is -2.42. The second-order valence-corrected chi connectivity index (χ2v) is 6.27. The third-order valence-corrected chi connectivity index (χ3v) is 4.65. The van der Waals surface area contributed by atoms with Crippen molar-refractivity contribution in [1.82, 2.24) is 10.2 Å². The third-order valence-electron chi connectivity index (χ3n) is 3.79. The zero-order valence-electron chi connectivity index (χ0n) is 11.8. The van der Waals surface area contributed by atoms with Crippen LogP contribution in [0.2, 0.25) is 10.0 Å². The van der Waals surface area contributed by atoms with Crippen LogP contribution in [0, 0.1) is 5.92 Å². The van der Waals surface area contributed by atoms with Gasteiger partial charge in [0, 0.05) is 25.6 Å². The summed E-state index contributed by atoms with van der Waals surface area (Å²) >= 11 is 12.2. The van der Waals surface area contributed by atoms with Gasteiger partial charge in [-0.1, -0.05) is 35.3 Å². The maximum atomic E-state index is 12.5. The molecule has 1 fully saturated rings. The molecule has 1 saturated heterocycles. The molecule has 5 heteroatoms. The zero-order valence-corrected chi connectivity index (χ0v) is 13.3. The highest BCUT2D eigenvalue weighted by atomic mass is 35.5. The molecule has 3 nitrogen and oxygen atoms in total. The third kappa shape index (κ3) is 3.66. The Bertz CT molecular complexity index is 493. The molecule has 110 valence electrons. The number of piperidine rings is 1. The van der Waals surface area contributed by atoms with E-state index in [0.29, 0.717) is 22.6 Å². The van der Waals surface area contributed by atoms with Crippen molar-refractivity contribution in [3.8, 4) is 0 Å². The Hall–Kier alpha value is -0.770. The smallest absolute Gasteiger partial charge is 0.225 e. The molecule has 1 aliphatic heterocycles. The number of hydrogen-bond acceptors (Lipinski definition) is 2. The van der Waals surface area contributed by atoms with E-state index in [1.165, 1.54) is 0 Å². The number of amides is 1. The van der Waals surface area contributed by atoms with Crippen molar-refractivity contribution in [3.05, 3.63) is 33.8 Å². The highest BCUT2D eigenvalue weighted by Crippen LogP contribution is 2.27. The molecule has 1 aromatic carbocycles. The molecule has 2 atom stereocenters. The molecule has 0 aromatic heterocycles. The van der Waals surface area contributed by atoms with Crippen LogP contribution in [0.5, 0.6) is 0 Å². The molecule has 1 aromatic rings. The lowest BCUT2D eigenvalue weighted by molar-refractivity contribution is -0.135. The van der Waals surface area contributed by atoms with Crippen LogP contribution in [-0.4, -0.2) is 30.4 Å². The number of nitrogens with one attached hydrogen (secondary N) is 1. The van der Waals surface area contributed by atoms with E-state index in [1.807, 2.05) is 19.2 Å². The number of nitrogens with zero attached hydrogens (tertiary/aromatic N) is 1. The Morgan fingerprint density at radius 1 is 1.45 bits per heavy atom. The lowest BCUT2D eigenvalue weighted by atomic mass is 9.92. The molecule has 0 aliphatic carbocycles. The summed E-state index contributed by atoms with van der Waals surface area (Å²) in [4.78, 5) is 14.2. The molecule has 0 bridgehead atoms. The second kappa shape index (κ2) is 6.79. The fourth-order valence-corrected chi connectivity index (χ4v) is 3.05. The molecule has 1 amide bonds. The van der Waals surface area contributed by atoms with Crippen molar-refractivity contribution >= 4 is 29.1 Å². The summed E-state index contributed by atoms with van der Waals surface area (Å²) in [6.45, 7) is 3.52. The lowest BCUT2D eigenvalue weighted by Gasteiger charge is -2.30. The molecule has 0 saturated carbocycles. The highest BCUT2D eigenvalue weighted by molar-refractivity contribution is 6.42. The van der Waals surface area contributed by atoms with Gasteiger partial charge in [0.2, 0.25) is 5.91 Å². The van der Waals surface area contributed by atoms with Crippen molar-refractivity contribution in [3.63, 3.8) is 0 Å². The predicted molar refractivity (Wildman–Crippen MR) is 83.1 cm³/mol. The van der Waals surface area contributed by atoms with E-state index in [4.69, 9.17) is 23.2 Å². The molecule has 1 N–H and O–H groups in total. The fourth-order valence-electron chi connectivity index (χ4n) is 2.67. The average molecular weight is 315 g/mol. The first-order chi connectivity index (χ1) is 9.49. The second-order valence-electron chi connectivity index (χ2n) is 5.48. The SMILES string of the molecule is C[C@H]1C[C@@H](C(=O)N(C)Cc2cccc(Cl)c2Cl)CCN1. The molecule has 0 unspecified atom stereocenters. The summed E-state index contributed by atoms with van der Waals surface area (Å²) in [7, 11) is 1.83. The largest absolute Gasteiger partial charge is 0.341 e. The highest BCUT2D eigenvalue weighted by Gasteiger charge is 2.27. The van der Waals surface area contributed by atoms with E-state index in [1.54, 1.807) is 11.0 Å². The summed E-state index contributed by atoms with van der Waals surface area (Å²) in [6.07, 6.45) is 1.79. The number of benzene rings is 1. The van der Waals surface area contributed by atoms with Gasteiger partial charge in [-0.05, 0) is 37.9 Å². The van der Waals surface area contributed by atoms with E-state index in [2.05, 4.69) is 12.2 Å². The molecule has 0 spiro atoms. The van der Waals surface area contributed by atoms with Crippen LogP contribution in [0.4, 0.5) is 0 Å². The normalized spacial score (nSPS) is 22.6. The number of carbonyl (C=O) groups is 1. The standard InChI is InChI=1S/C15H20Cl2N2O/c1-10-8-11(6-7-18-10)15(20)19(2)9-12-4-3-5-13(16)14(12)17/h3-5,10-11,18H,6-9H2,1-2H3/t10-,11-/m0/s1. The summed E-state index contributed by atoms with van der Waals surface area (Å²) in [5.74, 6) is 0.295. The van der Waals surface area contributed by atoms with E-state index in [-0.39, 0.29) is 11.8 Å². The predicted octanol–water partition coefficient (Wildman–Crippen LogP) is 3.34. The topological polar surface area (TPSA) is 32.3 Å². The summed E-state index contributed by atoms with van der Waals surface area (Å²) < 4.78 is 0. The van der Waals surface area contributed by atoms with Gasteiger partial charge in [-0.3, -0.25) is 4.79 Å². The van der Waals surface area contributed by atoms with Gasteiger partial charge in [0.1, 0.15) is 0 Å². The first-order valence-electron chi connectivity index (χ1n) is 6.90. The maximum absolute atomic E-state index is 12.5. The minimum absolute atomic E-state index is 0.106. The van der Waals surface area contributed by atoms with Crippen molar-refractivity contribution in [2.24, 2.45) is 5.92 Å². The minimum Gasteiger partial charge on any atom is -0.341 e. The zero-order chi connectivity index (χ0) is 14.7. The van der Waals surface area contributed by atoms with Crippen LogP contribution >= 0.6 is 23.2 Å². The number of hydrogen-bond donors (Lipinski definition) is 1. The quantitative estimate of drug-likeness (QED) is 0.928. The Morgan fingerprint density at radius 2 is 2.20 bits per heavy atom. The molecule has 1 aliphatic rings. The van der Waals surface area contributed by atoms with Crippen LogP contribution in [0.15, 0.2) is 18.2 Å². The van der Waals surface area contributed by atoms with Crippen molar-refractivity contribution in [2.75, 3.05) is 13.6 Å². The van der Waals surface area contributed by atoms with E-state index in [0.717, 1.165) is 24.9 Å². The van der Waals surface area contributed by atoms with Gasteiger partial charge >= 0.3 is 0 Å². The Kier molecular flexibility index (Phi) is 5.30. The van der Waals surface area contributed by atoms with Crippen LogP contribution in [0.1, 0.15) is 25.3 Å². The molecule has 2 rings (SSSR count). The number of carbonyl (C=O) groups excluding carboxylic acids is 1. The van der Waals surface area contributed by atoms with Gasteiger partial charge in [-0.25, -0.2) is 0 Å². The van der Waals surface area contributed by atoms with Crippen LogP contribution in [0.25, 0.3) is 0 Å². The van der Waals surface area contributed by atoms with E-state index < -0.39 is 0 Å². The summed E-state index contributed by atoms with van der Waals surface area (Å²) in [5, 5.41) is 4.43. The van der Waals surface area contributed by atoms with Gasteiger partial charge in [-0.15, -0.1) is 0 Å². The van der Waals surface area contributed by atoms with Gasteiger partial charge in [-0.2, -0.15) is 0 Å². The van der Waals surface area contributed by atoms with Crippen LogP contribution < -0.4 is 5.32 Å². The average Bonchev–Trinajstić information content (AvgIpc) is 2.43. The van der Waals surface area contributed by atoms with Crippen LogP contribution in [-0.2, 0) is 11.3 Å². The molecular weight excluding hydrogens is 295 g/mol. The Labute approximate surface area is 130 Å². The summed E-state index contributed by atoms with van der Waals surface area (Å²) in [6, 6.07) is 5.92. The minimum atomic E-state index is 0.106. The molecule has 20 heavy (non-hydrogen) atoms. The first kappa shape index (κ1) is 15.6. The van der Waals surface area contributed by atoms with Gasteiger partial charge in [0.05, 0.1) is 10.0 Å². The van der Waals surface area contributed by atoms with Gasteiger partial charge in [0.15, 0.2) is 0 Å². The van der Waals surface area contributed by atoms with Crippen molar-refractivity contribution in [2.45, 2.75) is 32.4 Å². The monoisotopic (exact) mass is 314 g/mol. The van der Waals surface area contributed by atoms with Crippen molar-refractivity contribution < 1.29 is 4.79 Å². The Balaban J connectivity index is 2.02. The number of rotatable bonds is 3. The molecule has 1 heterocycles. The fraction of sp³-hybridized carbons (Fsp3) is 0.533. The van der Waals surface area contributed by atoms with E-state index in [9.17, 15) is 4.79 Å². The first-order valence-corrected chi connectivity index (χ1v) is 7.66. The molecule has 0 radical (unpaired) electrons. The van der Waals surface area contributed by atoms with E-state index >= 15 is 0 Å². The van der Waals surface area contributed by atoms with Gasteiger partial charge < -0.3 is 10.2 Å². The van der Waals surface area contributed by atoms with Crippen LogP contribution in [0.3, 0.4) is 0 Å². The maximum Gasteiger partial charge on any atom is 0.225 e. The number of halogens is 2. The molecular formula is C15H20Cl2N2O. The summed E-state index contributed by atoms with van der Waals surface area (Å²) in [5.41, 5.74) is 0.886. The Morgan fingerprint density at radius 3 is 2.90 bits per heavy atom. The van der Waals surface area contributed by atoms with Gasteiger partial charge in [0.25, 0.3) is 0 Å².